The van der Waals surface area contributed by atoms with Crippen molar-refractivity contribution in [3.8, 4) is 10.6 Å². The second-order valence-electron chi connectivity index (χ2n) is 6.75. The van der Waals surface area contributed by atoms with Crippen LogP contribution in [0, 0.1) is 6.92 Å². The van der Waals surface area contributed by atoms with Crippen LogP contribution in [-0.4, -0.2) is 52.2 Å². The van der Waals surface area contributed by atoms with Gasteiger partial charge in [-0.2, -0.15) is 0 Å². The Kier molecular flexibility index (Phi) is 6.08. The highest BCUT2D eigenvalue weighted by Crippen LogP contribution is 2.26. The van der Waals surface area contributed by atoms with E-state index in [9.17, 15) is 9.59 Å². The molecule has 3 N–H and O–H groups in total. The summed E-state index contributed by atoms with van der Waals surface area (Å²) >= 11 is 1.60. The van der Waals surface area contributed by atoms with Crippen LogP contribution in [0.3, 0.4) is 0 Å². The van der Waals surface area contributed by atoms with Crippen molar-refractivity contribution in [3.63, 3.8) is 0 Å². The van der Waals surface area contributed by atoms with E-state index in [1.807, 2.05) is 48.4 Å². The number of nitrogens with one attached hydrogen (secondary N) is 2. The lowest BCUT2D eigenvalue weighted by Gasteiger charge is -2.42. The standard InChI is InChI=1S/C19H24N4O3S/c1-3-23(10-17(24)25)16-8-15(9-16)22-19(26)21-14-6-4-13(5-7-14)18-20-12(2)11-27-18/h4-7,11,15-16H,3,8-10H2,1-2H3,(H,24,25)(H2,21,22,26). The molecule has 0 radical (unpaired) electrons. The lowest BCUT2D eigenvalue weighted by Crippen LogP contribution is -2.55. The van der Waals surface area contributed by atoms with E-state index in [1.165, 1.54) is 0 Å². The summed E-state index contributed by atoms with van der Waals surface area (Å²) in [6.07, 6.45) is 1.55. The van der Waals surface area contributed by atoms with E-state index in [0.717, 1.165) is 34.8 Å². The Hall–Kier alpha value is -2.45. The third-order valence-electron chi connectivity index (χ3n) is 4.72. The number of anilines is 1. The number of carbonyl (C=O) groups is 2. The van der Waals surface area contributed by atoms with Gasteiger partial charge in [-0.1, -0.05) is 6.92 Å². The van der Waals surface area contributed by atoms with Crippen LogP contribution in [0.25, 0.3) is 10.6 Å². The molecule has 1 aliphatic rings. The number of rotatable bonds is 7. The van der Waals surface area contributed by atoms with E-state index in [1.54, 1.807) is 11.3 Å². The first-order valence-electron chi connectivity index (χ1n) is 9.00. The van der Waals surface area contributed by atoms with Gasteiger partial charge in [0, 0.05) is 34.4 Å². The molecule has 2 amide bonds. The summed E-state index contributed by atoms with van der Waals surface area (Å²) < 4.78 is 0. The number of nitrogens with zero attached hydrogens (tertiary/aromatic N) is 2. The van der Waals surface area contributed by atoms with Crippen LogP contribution in [-0.2, 0) is 4.79 Å². The molecule has 8 heteroatoms. The molecule has 3 rings (SSSR count). The molecule has 0 bridgehead atoms. The third kappa shape index (κ3) is 5.05. The summed E-state index contributed by atoms with van der Waals surface area (Å²) in [4.78, 5) is 29.4. The van der Waals surface area contributed by atoms with E-state index in [0.29, 0.717) is 6.54 Å². The monoisotopic (exact) mass is 388 g/mol. The maximum absolute atomic E-state index is 12.2. The minimum absolute atomic E-state index is 0.0467. The average Bonchev–Trinajstić information content (AvgIpc) is 3.03. The van der Waals surface area contributed by atoms with E-state index >= 15 is 0 Å². The molecule has 2 aromatic rings. The highest BCUT2D eigenvalue weighted by Gasteiger charge is 2.34. The van der Waals surface area contributed by atoms with Crippen molar-refractivity contribution >= 4 is 29.0 Å². The number of carboxylic acid groups (broad SMARTS) is 1. The lowest BCUT2D eigenvalue weighted by molar-refractivity contribution is -0.139. The van der Waals surface area contributed by atoms with Gasteiger partial charge >= 0.3 is 12.0 Å². The summed E-state index contributed by atoms with van der Waals surface area (Å²) in [6.45, 7) is 4.66. The van der Waals surface area contributed by atoms with Gasteiger partial charge in [0.05, 0.1) is 6.54 Å². The number of carbonyl (C=O) groups excluding carboxylic acids is 1. The van der Waals surface area contributed by atoms with Crippen LogP contribution in [0.4, 0.5) is 10.5 Å². The smallest absolute Gasteiger partial charge is 0.319 e. The quantitative estimate of drug-likeness (QED) is 0.677. The summed E-state index contributed by atoms with van der Waals surface area (Å²) in [6, 6.07) is 7.67. The van der Waals surface area contributed by atoms with Crippen molar-refractivity contribution < 1.29 is 14.7 Å². The molecular formula is C19H24N4O3S. The first-order valence-corrected chi connectivity index (χ1v) is 9.88. The van der Waals surface area contributed by atoms with Crippen molar-refractivity contribution in [2.24, 2.45) is 0 Å². The number of amides is 2. The Morgan fingerprint density at radius 2 is 2.00 bits per heavy atom. The van der Waals surface area contributed by atoms with E-state index in [4.69, 9.17) is 5.11 Å². The zero-order valence-corrected chi connectivity index (χ0v) is 16.3. The van der Waals surface area contributed by atoms with Crippen molar-refractivity contribution in [2.75, 3.05) is 18.4 Å². The molecule has 0 saturated heterocycles. The zero-order valence-electron chi connectivity index (χ0n) is 15.4. The molecule has 7 nitrogen and oxygen atoms in total. The van der Waals surface area contributed by atoms with Crippen molar-refractivity contribution in [1.29, 1.82) is 0 Å². The summed E-state index contributed by atoms with van der Waals surface area (Å²) in [5.74, 6) is -0.817. The lowest BCUT2D eigenvalue weighted by atomic mass is 9.85. The molecule has 1 aromatic carbocycles. The first kappa shape index (κ1) is 19.3. The fraction of sp³-hybridized carbons (Fsp3) is 0.421. The molecule has 1 fully saturated rings. The largest absolute Gasteiger partial charge is 0.480 e. The number of urea groups is 1. The zero-order chi connectivity index (χ0) is 19.4. The second kappa shape index (κ2) is 8.49. The van der Waals surface area contributed by atoms with Gasteiger partial charge in [0.2, 0.25) is 0 Å². The predicted octanol–water partition coefficient (Wildman–Crippen LogP) is 3.18. The van der Waals surface area contributed by atoms with Crippen LogP contribution in [0.15, 0.2) is 29.6 Å². The molecule has 1 heterocycles. The topological polar surface area (TPSA) is 94.6 Å². The van der Waals surface area contributed by atoms with Gasteiger partial charge in [0.25, 0.3) is 0 Å². The van der Waals surface area contributed by atoms with Crippen molar-refractivity contribution in [2.45, 2.75) is 38.8 Å². The van der Waals surface area contributed by atoms with E-state index < -0.39 is 5.97 Å². The second-order valence-corrected chi connectivity index (χ2v) is 7.61. The molecule has 1 aromatic heterocycles. The van der Waals surface area contributed by atoms with Crippen LogP contribution < -0.4 is 10.6 Å². The fourth-order valence-corrected chi connectivity index (χ4v) is 4.02. The van der Waals surface area contributed by atoms with Gasteiger partial charge in [0.1, 0.15) is 5.01 Å². The molecule has 0 unspecified atom stereocenters. The molecule has 0 aliphatic heterocycles. The van der Waals surface area contributed by atoms with Crippen LogP contribution >= 0.6 is 11.3 Å². The number of aliphatic carboxylic acids is 1. The third-order valence-corrected chi connectivity index (χ3v) is 5.73. The van der Waals surface area contributed by atoms with Crippen LogP contribution in [0.1, 0.15) is 25.5 Å². The summed E-state index contributed by atoms with van der Waals surface area (Å²) in [5, 5.41) is 17.7. The summed E-state index contributed by atoms with van der Waals surface area (Å²) in [5.41, 5.74) is 2.75. The molecule has 27 heavy (non-hydrogen) atoms. The number of hydrogen-bond acceptors (Lipinski definition) is 5. The molecule has 144 valence electrons. The Bertz CT molecular complexity index is 800. The first-order chi connectivity index (χ1) is 12.9. The molecule has 1 saturated carbocycles. The average molecular weight is 388 g/mol. The van der Waals surface area contributed by atoms with E-state index in [-0.39, 0.29) is 24.7 Å². The number of thiazole rings is 1. The Morgan fingerprint density at radius 3 is 2.56 bits per heavy atom. The molecule has 1 aliphatic carbocycles. The Morgan fingerprint density at radius 1 is 1.30 bits per heavy atom. The summed E-state index contributed by atoms with van der Waals surface area (Å²) in [7, 11) is 0. The number of likely N-dealkylation sites (N-methyl/N-ethyl adjacent to an activating group) is 1. The van der Waals surface area contributed by atoms with Crippen molar-refractivity contribution in [3.05, 3.63) is 35.3 Å². The van der Waals surface area contributed by atoms with Crippen LogP contribution in [0.5, 0.6) is 0 Å². The van der Waals surface area contributed by atoms with Gasteiger partial charge in [-0.25, -0.2) is 9.78 Å². The van der Waals surface area contributed by atoms with Crippen molar-refractivity contribution in [1.82, 2.24) is 15.2 Å². The normalized spacial score (nSPS) is 18.8. The van der Waals surface area contributed by atoms with Gasteiger partial charge in [-0.15, -0.1) is 11.3 Å². The maximum Gasteiger partial charge on any atom is 0.319 e. The highest BCUT2D eigenvalue weighted by atomic mass is 32.1. The maximum atomic E-state index is 12.2. The molecular weight excluding hydrogens is 364 g/mol. The minimum atomic E-state index is -0.817. The van der Waals surface area contributed by atoms with Gasteiger partial charge < -0.3 is 15.7 Å². The molecule has 0 spiro atoms. The van der Waals surface area contributed by atoms with Gasteiger partial charge in [-0.05, 0) is 50.6 Å². The SMILES string of the molecule is CCN(CC(=O)O)C1CC(NC(=O)Nc2ccc(-c3nc(C)cs3)cc2)C1. The predicted molar refractivity (Wildman–Crippen MR) is 106 cm³/mol. The number of aryl methyl sites for hydroxylation is 1. The molecule has 0 atom stereocenters. The number of benzene rings is 1. The van der Waals surface area contributed by atoms with Crippen LogP contribution in [0.2, 0.25) is 0 Å². The minimum Gasteiger partial charge on any atom is -0.480 e. The number of aromatic nitrogens is 1. The van der Waals surface area contributed by atoms with E-state index in [2.05, 4.69) is 15.6 Å². The van der Waals surface area contributed by atoms with Gasteiger partial charge in [-0.3, -0.25) is 9.69 Å². The number of carboxylic acids is 1. The highest BCUT2D eigenvalue weighted by molar-refractivity contribution is 7.13. The fourth-order valence-electron chi connectivity index (χ4n) is 3.21. The Labute approximate surface area is 162 Å². The number of hydrogen-bond donors (Lipinski definition) is 3. The van der Waals surface area contributed by atoms with Gasteiger partial charge in [0.15, 0.2) is 0 Å². The Balaban J connectivity index is 1.45.